The third-order valence-electron chi connectivity index (χ3n) is 3.86. The number of halogens is 1. The maximum atomic E-state index is 11.9. The zero-order valence-corrected chi connectivity index (χ0v) is 16.6. The van der Waals surface area contributed by atoms with Gasteiger partial charge in [0.25, 0.3) is 0 Å². The fourth-order valence-electron chi connectivity index (χ4n) is 2.36. The van der Waals surface area contributed by atoms with Gasteiger partial charge in [0.15, 0.2) is 5.65 Å². The molecule has 0 unspecified atom stereocenters. The van der Waals surface area contributed by atoms with E-state index in [1.807, 2.05) is 24.3 Å². The molecule has 0 N–H and O–H groups in total. The molecule has 3 aromatic rings. The van der Waals surface area contributed by atoms with Gasteiger partial charge in [-0.25, -0.2) is 9.50 Å². The Kier molecular flexibility index (Phi) is 5.65. The van der Waals surface area contributed by atoms with Gasteiger partial charge in [0, 0.05) is 10.6 Å². The molecule has 8 heteroatoms. The minimum absolute atomic E-state index is 0.0489. The maximum absolute atomic E-state index is 11.9. The Morgan fingerprint density at radius 3 is 2.46 bits per heavy atom. The molecule has 0 atom stereocenters. The smallest absolute Gasteiger partial charge is 0.314 e. The van der Waals surface area contributed by atoms with Crippen molar-refractivity contribution in [2.45, 2.75) is 27.2 Å². The van der Waals surface area contributed by atoms with Crippen LogP contribution in [0.4, 0.5) is 0 Å². The minimum atomic E-state index is -0.651. The van der Waals surface area contributed by atoms with Crippen LogP contribution in [0.3, 0.4) is 0 Å². The van der Waals surface area contributed by atoms with Gasteiger partial charge in [-0.05, 0) is 45.0 Å². The summed E-state index contributed by atoms with van der Waals surface area (Å²) in [4.78, 5) is 27.9. The van der Waals surface area contributed by atoms with Crippen LogP contribution < -0.4 is 0 Å². The van der Waals surface area contributed by atoms with E-state index in [-0.39, 0.29) is 6.42 Å². The van der Waals surface area contributed by atoms with Gasteiger partial charge in [0.2, 0.25) is 6.79 Å². The Hall–Kier alpha value is -2.93. The van der Waals surface area contributed by atoms with Gasteiger partial charge in [-0.1, -0.05) is 23.7 Å². The molecule has 0 aliphatic carbocycles. The highest BCUT2D eigenvalue weighted by Gasteiger charge is 2.23. The van der Waals surface area contributed by atoms with E-state index in [1.165, 1.54) is 0 Å². The summed E-state index contributed by atoms with van der Waals surface area (Å²) in [7, 11) is 0. The van der Waals surface area contributed by atoms with E-state index in [2.05, 4.69) is 10.1 Å². The number of rotatable bonds is 5. The number of nitrogens with zero attached hydrogens (tertiary/aromatic N) is 3. The van der Waals surface area contributed by atoms with Crippen molar-refractivity contribution in [1.82, 2.24) is 14.6 Å². The zero-order valence-electron chi connectivity index (χ0n) is 15.8. The molecule has 3 rings (SSSR count). The largest absolute Gasteiger partial charge is 0.428 e. The number of benzene rings is 1. The summed E-state index contributed by atoms with van der Waals surface area (Å²) >= 11 is 5.91. The second-order valence-electron chi connectivity index (χ2n) is 7.25. The number of fused-ring (bicyclic) bond motifs is 1. The van der Waals surface area contributed by atoms with E-state index in [9.17, 15) is 9.59 Å². The molecule has 0 bridgehead atoms. The summed E-state index contributed by atoms with van der Waals surface area (Å²) in [6.07, 6.45) is 1.61. The molecular formula is C20H20ClN3O4. The van der Waals surface area contributed by atoms with Crippen molar-refractivity contribution in [3.63, 3.8) is 0 Å². The summed E-state index contributed by atoms with van der Waals surface area (Å²) in [6, 6.07) is 11.0. The first kappa shape index (κ1) is 19.8. The highest BCUT2D eigenvalue weighted by molar-refractivity contribution is 6.30. The SMILES string of the molecule is CC(C)(C)C(=O)OCOC(=O)Cc1cn2nc(-c3ccc(Cl)cc3)ccc2n1. The highest BCUT2D eigenvalue weighted by atomic mass is 35.5. The van der Waals surface area contributed by atoms with Gasteiger partial charge < -0.3 is 9.47 Å². The van der Waals surface area contributed by atoms with E-state index >= 15 is 0 Å². The fraction of sp³-hybridized carbons (Fsp3) is 0.300. The van der Waals surface area contributed by atoms with Crippen LogP contribution in [0.15, 0.2) is 42.6 Å². The van der Waals surface area contributed by atoms with Crippen LogP contribution in [0.5, 0.6) is 0 Å². The molecule has 7 nitrogen and oxygen atoms in total. The number of carbonyl (C=O) groups excluding carboxylic acids is 2. The molecule has 0 saturated carbocycles. The molecule has 0 amide bonds. The molecule has 0 fully saturated rings. The van der Waals surface area contributed by atoms with Crippen LogP contribution in [0, 0.1) is 5.41 Å². The summed E-state index contributed by atoms with van der Waals surface area (Å²) in [5, 5.41) is 5.16. The number of esters is 2. The third kappa shape index (κ3) is 4.86. The quantitative estimate of drug-likeness (QED) is 0.479. The monoisotopic (exact) mass is 401 g/mol. The summed E-state index contributed by atoms with van der Waals surface area (Å²) in [6.45, 7) is 4.75. The van der Waals surface area contributed by atoms with Crippen LogP contribution in [-0.4, -0.2) is 33.3 Å². The van der Waals surface area contributed by atoms with Crippen LogP contribution >= 0.6 is 11.6 Å². The molecule has 0 aliphatic heterocycles. The molecule has 0 radical (unpaired) electrons. The van der Waals surface area contributed by atoms with Gasteiger partial charge in [0.1, 0.15) is 0 Å². The first-order chi connectivity index (χ1) is 13.2. The summed E-state index contributed by atoms with van der Waals surface area (Å²) in [5.74, 6) is -0.977. The third-order valence-corrected chi connectivity index (χ3v) is 4.11. The number of carbonyl (C=O) groups is 2. The van der Waals surface area contributed by atoms with Crippen molar-refractivity contribution in [1.29, 1.82) is 0 Å². The Morgan fingerprint density at radius 2 is 1.79 bits per heavy atom. The first-order valence-electron chi connectivity index (χ1n) is 8.66. The van der Waals surface area contributed by atoms with Gasteiger partial charge in [-0.15, -0.1) is 0 Å². The maximum Gasteiger partial charge on any atom is 0.314 e. The van der Waals surface area contributed by atoms with Crippen molar-refractivity contribution in [2.24, 2.45) is 5.41 Å². The average molecular weight is 402 g/mol. The molecule has 2 aromatic heterocycles. The molecule has 0 aliphatic rings. The molecule has 0 spiro atoms. The van der Waals surface area contributed by atoms with Gasteiger partial charge in [-0.2, -0.15) is 5.10 Å². The number of aromatic nitrogens is 3. The van der Waals surface area contributed by atoms with Crippen molar-refractivity contribution >= 4 is 29.2 Å². The van der Waals surface area contributed by atoms with Crippen molar-refractivity contribution < 1.29 is 19.1 Å². The Morgan fingerprint density at radius 1 is 1.07 bits per heavy atom. The zero-order chi connectivity index (χ0) is 20.3. The van der Waals surface area contributed by atoms with E-state index in [0.717, 1.165) is 11.3 Å². The number of hydrogen-bond donors (Lipinski definition) is 0. The lowest BCUT2D eigenvalue weighted by molar-refractivity contribution is -0.172. The molecule has 2 heterocycles. The second kappa shape index (κ2) is 7.98. The minimum Gasteiger partial charge on any atom is -0.428 e. The highest BCUT2D eigenvalue weighted by Crippen LogP contribution is 2.20. The second-order valence-corrected chi connectivity index (χ2v) is 7.69. The van der Waals surface area contributed by atoms with Crippen molar-refractivity contribution in [2.75, 3.05) is 6.79 Å². The lowest BCUT2D eigenvalue weighted by atomic mass is 9.98. The van der Waals surface area contributed by atoms with E-state index in [1.54, 1.807) is 43.6 Å². The average Bonchev–Trinajstić information content (AvgIpc) is 3.02. The normalized spacial score (nSPS) is 11.4. The van der Waals surface area contributed by atoms with E-state index in [4.69, 9.17) is 21.1 Å². The van der Waals surface area contributed by atoms with Crippen molar-refractivity contribution in [3.05, 3.63) is 53.3 Å². The predicted octanol–water partition coefficient (Wildman–Crippen LogP) is 3.68. The van der Waals surface area contributed by atoms with E-state index in [0.29, 0.717) is 16.4 Å². The van der Waals surface area contributed by atoms with Crippen LogP contribution in [-0.2, 0) is 25.5 Å². The molecule has 28 heavy (non-hydrogen) atoms. The molecular weight excluding hydrogens is 382 g/mol. The topological polar surface area (TPSA) is 82.8 Å². The Labute approximate surface area is 167 Å². The fourth-order valence-corrected chi connectivity index (χ4v) is 2.48. The van der Waals surface area contributed by atoms with Gasteiger partial charge in [-0.3, -0.25) is 9.59 Å². The van der Waals surface area contributed by atoms with Gasteiger partial charge in [0.05, 0.1) is 29.4 Å². The molecule has 1 aromatic carbocycles. The van der Waals surface area contributed by atoms with Gasteiger partial charge >= 0.3 is 11.9 Å². The van der Waals surface area contributed by atoms with E-state index < -0.39 is 24.1 Å². The standard InChI is InChI=1S/C20H20ClN3O4/c1-20(2,3)19(26)28-12-27-18(25)10-15-11-24-17(22-15)9-8-16(23-24)13-4-6-14(21)7-5-13/h4-9,11H,10,12H2,1-3H3. The summed E-state index contributed by atoms with van der Waals surface area (Å²) < 4.78 is 11.5. The number of hydrogen-bond acceptors (Lipinski definition) is 6. The number of ether oxygens (including phenoxy) is 2. The summed E-state index contributed by atoms with van der Waals surface area (Å²) in [5.41, 5.74) is 2.14. The Bertz CT molecular complexity index is 1010. The van der Waals surface area contributed by atoms with Crippen molar-refractivity contribution in [3.8, 4) is 11.3 Å². The van der Waals surface area contributed by atoms with Crippen LogP contribution in [0.2, 0.25) is 5.02 Å². The molecule has 0 saturated heterocycles. The molecule has 146 valence electrons. The lowest BCUT2D eigenvalue weighted by Gasteiger charge is -2.16. The lowest BCUT2D eigenvalue weighted by Crippen LogP contribution is -2.25. The number of imidazole rings is 1. The Balaban J connectivity index is 1.63. The first-order valence-corrected chi connectivity index (χ1v) is 9.04. The van der Waals surface area contributed by atoms with Crippen LogP contribution in [0.25, 0.3) is 16.9 Å². The van der Waals surface area contributed by atoms with Crippen LogP contribution in [0.1, 0.15) is 26.5 Å². The predicted molar refractivity (Wildman–Crippen MR) is 104 cm³/mol.